The predicted octanol–water partition coefficient (Wildman–Crippen LogP) is 0.700. The first-order chi connectivity index (χ1) is 12.2. The van der Waals surface area contributed by atoms with Crippen LogP contribution in [0.3, 0.4) is 0 Å². The molecular formula is C17H26N4O4S. The highest BCUT2D eigenvalue weighted by molar-refractivity contribution is 7.89. The smallest absolute Gasteiger partial charge is 0.241 e. The number of carbonyl (C=O) groups is 2. The number of amides is 2. The summed E-state index contributed by atoms with van der Waals surface area (Å²) in [5.74, 6) is -0.638. The van der Waals surface area contributed by atoms with E-state index >= 15 is 0 Å². The number of nitrogens with two attached hydrogens (primary N) is 1. The summed E-state index contributed by atoms with van der Waals surface area (Å²) in [6.07, 6.45) is 3.61. The minimum absolute atomic E-state index is 0.0145. The maximum Gasteiger partial charge on any atom is 0.241 e. The molecule has 1 saturated carbocycles. The lowest BCUT2D eigenvalue weighted by Gasteiger charge is -2.30. The number of sulfonamides is 1. The van der Waals surface area contributed by atoms with Crippen molar-refractivity contribution in [1.29, 1.82) is 0 Å². The molecule has 0 aliphatic heterocycles. The Hall–Kier alpha value is -1.97. The van der Waals surface area contributed by atoms with Crippen LogP contribution in [0.1, 0.15) is 39.5 Å². The topological polar surface area (TPSA) is 130 Å². The van der Waals surface area contributed by atoms with Gasteiger partial charge in [0, 0.05) is 19.2 Å². The van der Waals surface area contributed by atoms with Crippen molar-refractivity contribution in [2.24, 2.45) is 5.73 Å². The van der Waals surface area contributed by atoms with E-state index in [-0.39, 0.29) is 10.8 Å². The van der Waals surface area contributed by atoms with E-state index in [4.69, 9.17) is 5.73 Å². The Kier molecular flexibility index (Phi) is 6.38. The molecule has 0 aromatic heterocycles. The summed E-state index contributed by atoms with van der Waals surface area (Å²) in [6.45, 7) is 3.20. The summed E-state index contributed by atoms with van der Waals surface area (Å²) in [4.78, 5) is 23.4. The van der Waals surface area contributed by atoms with Gasteiger partial charge in [-0.2, -0.15) is 4.72 Å². The molecule has 1 aliphatic rings. The molecule has 1 aliphatic carbocycles. The van der Waals surface area contributed by atoms with Crippen LogP contribution in [-0.2, 0) is 19.6 Å². The van der Waals surface area contributed by atoms with Crippen LogP contribution in [0.25, 0.3) is 0 Å². The molecule has 1 atom stereocenters. The van der Waals surface area contributed by atoms with Crippen LogP contribution in [-0.4, -0.2) is 38.4 Å². The fourth-order valence-electron chi connectivity index (χ4n) is 3.08. The Morgan fingerprint density at radius 1 is 1.19 bits per heavy atom. The van der Waals surface area contributed by atoms with Crippen LogP contribution in [0, 0.1) is 0 Å². The quantitative estimate of drug-likeness (QED) is 0.551. The molecule has 0 bridgehead atoms. The molecule has 1 aromatic rings. The molecule has 144 valence electrons. The zero-order valence-electron chi connectivity index (χ0n) is 15.0. The van der Waals surface area contributed by atoms with Gasteiger partial charge in [0.15, 0.2) is 0 Å². The van der Waals surface area contributed by atoms with E-state index < -0.39 is 27.5 Å². The number of hydrogen-bond donors (Lipinski definition) is 4. The Bertz CT molecular complexity index is 755. The molecule has 8 nitrogen and oxygen atoms in total. The van der Waals surface area contributed by atoms with Crippen LogP contribution < -0.4 is 21.1 Å². The van der Waals surface area contributed by atoms with Gasteiger partial charge >= 0.3 is 0 Å². The molecule has 0 radical (unpaired) electrons. The first-order valence-electron chi connectivity index (χ1n) is 8.59. The summed E-state index contributed by atoms with van der Waals surface area (Å²) in [6, 6.07) is 4.79. The molecule has 0 spiro atoms. The third kappa shape index (κ3) is 5.03. The highest BCUT2D eigenvalue weighted by Crippen LogP contribution is 2.28. The van der Waals surface area contributed by atoms with Gasteiger partial charge in [0.2, 0.25) is 21.8 Å². The van der Waals surface area contributed by atoms with Crippen molar-refractivity contribution in [3.05, 3.63) is 24.3 Å². The number of hydrogen-bond acceptors (Lipinski definition) is 5. The second kappa shape index (κ2) is 8.15. The Balaban J connectivity index is 2.03. The van der Waals surface area contributed by atoms with E-state index in [0.717, 1.165) is 25.7 Å². The minimum Gasteiger partial charge on any atom is -0.348 e. The highest BCUT2D eigenvalue weighted by atomic mass is 32.2. The standard InChI is InChI=1S/C17H26N4O4S/c1-12(16(23)20-17(11-18)9-3-4-10-17)21-26(24,25)15-7-5-14(6-8-15)19-13(2)22/h5-8,12,21H,3-4,9-11,18H2,1-2H3,(H,19,22)(H,20,23). The van der Waals surface area contributed by atoms with Crippen molar-refractivity contribution in [2.45, 2.75) is 56.0 Å². The van der Waals surface area contributed by atoms with Crippen LogP contribution >= 0.6 is 0 Å². The zero-order valence-corrected chi connectivity index (χ0v) is 15.9. The van der Waals surface area contributed by atoms with Crippen molar-refractivity contribution in [3.8, 4) is 0 Å². The van der Waals surface area contributed by atoms with Gasteiger partial charge in [-0.1, -0.05) is 12.8 Å². The molecule has 0 heterocycles. The van der Waals surface area contributed by atoms with Crippen molar-refractivity contribution in [3.63, 3.8) is 0 Å². The Morgan fingerprint density at radius 2 is 1.77 bits per heavy atom. The van der Waals surface area contributed by atoms with Gasteiger partial charge in [-0.25, -0.2) is 8.42 Å². The van der Waals surface area contributed by atoms with Crippen molar-refractivity contribution >= 4 is 27.5 Å². The SMILES string of the molecule is CC(=O)Nc1ccc(S(=O)(=O)NC(C)C(=O)NC2(CN)CCCC2)cc1. The van der Waals surface area contributed by atoms with E-state index in [1.165, 1.54) is 38.1 Å². The largest absolute Gasteiger partial charge is 0.348 e. The van der Waals surface area contributed by atoms with Crippen molar-refractivity contribution in [2.75, 3.05) is 11.9 Å². The third-order valence-corrected chi connectivity index (χ3v) is 6.11. The molecule has 1 aromatic carbocycles. The van der Waals surface area contributed by atoms with Gasteiger partial charge in [0.05, 0.1) is 16.5 Å². The summed E-state index contributed by atoms with van der Waals surface area (Å²) >= 11 is 0. The minimum atomic E-state index is -3.86. The lowest BCUT2D eigenvalue weighted by molar-refractivity contribution is -0.124. The average Bonchev–Trinajstić information content (AvgIpc) is 3.03. The maximum atomic E-state index is 12.5. The van der Waals surface area contributed by atoms with E-state index in [1.54, 1.807) is 0 Å². The molecule has 26 heavy (non-hydrogen) atoms. The van der Waals surface area contributed by atoms with E-state index in [0.29, 0.717) is 12.2 Å². The molecule has 5 N–H and O–H groups in total. The second-order valence-corrected chi connectivity index (χ2v) is 8.44. The number of nitrogens with one attached hydrogen (secondary N) is 3. The van der Waals surface area contributed by atoms with Crippen LogP contribution in [0.4, 0.5) is 5.69 Å². The number of anilines is 1. The van der Waals surface area contributed by atoms with Crippen molar-refractivity contribution in [1.82, 2.24) is 10.0 Å². The van der Waals surface area contributed by atoms with E-state index in [9.17, 15) is 18.0 Å². The average molecular weight is 382 g/mol. The Labute approximate surface area is 154 Å². The predicted molar refractivity (Wildman–Crippen MR) is 98.9 cm³/mol. The van der Waals surface area contributed by atoms with E-state index in [1.807, 2.05) is 0 Å². The summed E-state index contributed by atoms with van der Waals surface area (Å²) in [5, 5.41) is 5.47. The second-order valence-electron chi connectivity index (χ2n) is 6.73. The van der Waals surface area contributed by atoms with Crippen LogP contribution in [0.2, 0.25) is 0 Å². The summed E-state index contributed by atoms with van der Waals surface area (Å²) < 4.78 is 27.3. The van der Waals surface area contributed by atoms with Crippen LogP contribution in [0.5, 0.6) is 0 Å². The molecule has 1 unspecified atom stereocenters. The monoisotopic (exact) mass is 382 g/mol. The molecule has 0 saturated heterocycles. The number of benzene rings is 1. The van der Waals surface area contributed by atoms with Gasteiger partial charge in [-0.05, 0) is 44.0 Å². The van der Waals surface area contributed by atoms with Gasteiger partial charge < -0.3 is 16.4 Å². The van der Waals surface area contributed by atoms with Crippen molar-refractivity contribution < 1.29 is 18.0 Å². The molecular weight excluding hydrogens is 356 g/mol. The lowest BCUT2D eigenvalue weighted by Crippen LogP contribution is -2.56. The number of rotatable bonds is 7. The molecule has 2 rings (SSSR count). The lowest BCUT2D eigenvalue weighted by atomic mass is 9.97. The third-order valence-electron chi connectivity index (χ3n) is 4.55. The van der Waals surface area contributed by atoms with E-state index in [2.05, 4.69) is 15.4 Å². The maximum absolute atomic E-state index is 12.5. The highest BCUT2D eigenvalue weighted by Gasteiger charge is 2.35. The first kappa shape index (κ1) is 20.3. The van der Waals surface area contributed by atoms with Crippen LogP contribution in [0.15, 0.2) is 29.2 Å². The first-order valence-corrected chi connectivity index (χ1v) is 10.1. The van der Waals surface area contributed by atoms with Gasteiger partial charge in [0.25, 0.3) is 0 Å². The van der Waals surface area contributed by atoms with Gasteiger partial charge in [-0.3, -0.25) is 9.59 Å². The van der Waals surface area contributed by atoms with Gasteiger partial charge in [-0.15, -0.1) is 0 Å². The van der Waals surface area contributed by atoms with Gasteiger partial charge in [0.1, 0.15) is 0 Å². The summed E-state index contributed by atoms with van der Waals surface area (Å²) in [7, 11) is -3.86. The molecule has 2 amide bonds. The summed E-state index contributed by atoms with van der Waals surface area (Å²) in [5.41, 5.74) is 5.86. The Morgan fingerprint density at radius 3 is 2.27 bits per heavy atom. The molecule has 1 fully saturated rings. The number of carbonyl (C=O) groups excluding carboxylic acids is 2. The molecule has 9 heteroatoms. The fourth-order valence-corrected chi connectivity index (χ4v) is 4.28. The normalized spacial score (nSPS) is 17.5. The fraction of sp³-hybridized carbons (Fsp3) is 0.529. The zero-order chi connectivity index (χ0) is 19.4.